The lowest BCUT2D eigenvalue weighted by atomic mass is 10.0. The Morgan fingerprint density at radius 1 is 1.25 bits per heavy atom. The summed E-state index contributed by atoms with van der Waals surface area (Å²) in [6, 6.07) is 6.32. The molecule has 0 bridgehead atoms. The molecule has 0 saturated carbocycles. The summed E-state index contributed by atoms with van der Waals surface area (Å²) in [5, 5.41) is 25.7. The summed E-state index contributed by atoms with van der Waals surface area (Å²) in [7, 11) is 0. The number of terminal acetylenes is 1. The maximum Gasteiger partial charge on any atom is 0.326 e. The number of benzene rings is 2. The molecule has 4 aromatic rings. The number of tetrazole rings is 1. The fourth-order valence-electron chi connectivity index (χ4n) is 4.31. The van der Waals surface area contributed by atoms with Crippen LogP contribution in [0.3, 0.4) is 0 Å². The van der Waals surface area contributed by atoms with Gasteiger partial charge in [-0.15, -0.1) is 16.6 Å². The lowest BCUT2D eigenvalue weighted by Gasteiger charge is -2.24. The number of nitrogens with zero attached hydrogens (tertiary/aromatic N) is 5. The van der Waals surface area contributed by atoms with E-state index >= 15 is 4.39 Å². The number of nitrogens with one attached hydrogen (secondary N) is 3. The largest absolute Gasteiger partial charge is 0.480 e. The van der Waals surface area contributed by atoms with Crippen LogP contribution in [0.15, 0.2) is 35.1 Å². The number of aromatic amines is 2. The number of hydrogen-bond acceptors (Lipinski definition) is 8. The minimum Gasteiger partial charge on any atom is -0.480 e. The number of aromatic nitrogens is 6. The van der Waals surface area contributed by atoms with Gasteiger partial charge in [0.1, 0.15) is 17.7 Å². The molecule has 0 spiro atoms. The van der Waals surface area contributed by atoms with Crippen LogP contribution in [0.4, 0.5) is 10.1 Å². The number of fused-ring (bicyclic) bond motifs is 1. The minimum absolute atomic E-state index is 0.0916. The van der Waals surface area contributed by atoms with E-state index in [1.807, 2.05) is 13.0 Å². The predicted molar refractivity (Wildman–Crippen MR) is 144 cm³/mol. The van der Waals surface area contributed by atoms with E-state index in [1.165, 1.54) is 18.2 Å². The molecule has 206 valence electrons. The molecule has 4 rings (SSSR count). The molecule has 13 heteroatoms. The van der Waals surface area contributed by atoms with Crippen molar-refractivity contribution in [2.75, 3.05) is 11.4 Å². The van der Waals surface area contributed by atoms with Gasteiger partial charge in [0.25, 0.3) is 11.5 Å². The zero-order chi connectivity index (χ0) is 28.8. The van der Waals surface area contributed by atoms with Crippen LogP contribution >= 0.6 is 0 Å². The van der Waals surface area contributed by atoms with E-state index < -0.39 is 23.7 Å². The SMILES string of the molecule is C#CCN(Cc1cc2c(=O)[nH]c(C)nc2cc1C)c1ccc(C(=O)NC(CCCc2nn[nH]n2)C(=O)O)c(F)c1. The number of carboxylic acids is 1. The fraction of sp³-hybridized carbons (Fsp3) is 0.296. The summed E-state index contributed by atoms with van der Waals surface area (Å²) in [5.41, 5.74) is 2.10. The normalized spacial score (nSPS) is 11.7. The quantitative estimate of drug-likeness (QED) is 0.206. The third kappa shape index (κ3) is 6.47. The highest BCUT2D eigenvalue weighted by Crippen LogP contribution is 2.24. The molecular weight excluding hydrogens is 519 g/mol. The molecule has 4 N–H and O–H groups in total. The molecule has 1 atom stereocenters. The smallest absolute Gasteiger partial charge is 0.326 e. The average Bonchev–Trinajstić information content (AvgIpc) is 3.41. The van der Waals surface area contributed by atoms with E-state index in [1.54, 1.807) is 17.9 Å². The maximum absolute atomic E-state index is 15.1. The van der Waals surface area contributed by atoms with E-state index in [9.17, 15) is 19.5 Å². The average molecular weight is 547 g/mol. The highest BCUT2D eigenvalue weighted by molar-refractivity contribution is 5.97. The van der Waals surface area contributed by atoms with Crippen LogP contribution in [-0.4, -0.2) is 60.2 Å². The number of H-pyrrole nitrogens is 2. The van der Waals surface area contributed by atoms with Crippen molar-refractivity contribution in [3.8, 4) is 12.3 Å². The molecule has 2 aromatic carbocycles. The number of carbonyl (C=O) groups excluding carboxylic acids is 1. The van der Waals surface area contributed by atoms with Gasteiger partial charge in [-0.3, -0.25) is 9.59 Å². The van der Waals surface area contributed by atoms with Crippen molar-refractivity contribution in [1.82, 2.24) is 35.9 Å². The molecule has 0 saturated heterocycles. The molecule has 0 fully saturated rings. The Kier molecular flexibility index (Phi) is 8.48. The summed E-state index contributed by atoms with van der Waals surface area (Å²) >= 11 is 0. The second-order valence-electron chi connectivity index (χ2n) is 9.26. The van der Waals surface area contributed by atoms with Crippen molar-refractivity contribution in [3.63, 3.8) is 0 Å². The highest BCUT2D eigenvalue weighted by atomic mass is 19.1. The topological polar surface area (TPSA) is 170 Å². The number of amides is 1. The van der Waals surface area contributed by atoms with Gasteiger partial charge >= 0.3 is 5.97 Å². The van der Waals surface area contributed by atoms with Crippen LogP contribution in [0.1, 0.15) is 46.0 Å². The molecule has 1 amide bonds. The first-order chi connectivity index (χ1) is 19.2. The van der Waals surface area contributed by atoms with E-state index in [4.69, 9.17) is 6.42 Å². The lowest BCUT2D eigenvalue weighted by molar-refractivity contribution is -0.139. The van der Waals surface area contributed by atoms with Crippen molar-refractivity contribution >= 4 is 28.5 Å². The number of carbonyl (C=O) groups is 2. The Balaban J connectivity index is 1.50. The molecule has 0 aliphatic carbocycles. The summed E-state index contributed by atoms with van der Waals surface area (Å²) in [6.07, 6.45) is 6.40. The Hall–Kier alpha value is -5.12. The van der Waals surface area contributed by atoms with Crippen LogP contribution in [0, 0.1) is 32.0 Å². The van der Waals surface area contributed by atoms with E-state index in [-0.39, 0.29) is 30.6 Å². The summed E-state index contributed by atoms with van der Waals surface area (Å²) < 4.78 is 15.1. The van der Waals surface area contributed by atoms with Crippen molar-refractivity contribution in [3.05, 3.63) is 74.8 Å². The van der Waals surface area contributed by atoms with Crippen molar-refractivity contribution in [2.45, 2.75) is 45.7 Å². The third-order valence-electron chi connectivity index (χ3n) is 6.37. The molecule has 2 heterocycles. The van der Waals surface area contributed by atoms with Gasteiger partial charge < -0.3 is 20.3 Å². The van der Waals surface area contributed by atoms with Gasteiger partial charge in [-0.1, -0.05) is 11.1 Å². The van der Waals surface area contributed by atoms with Gasteiger partial charge in [0, 0.05) is 18.7 Å². The summed E-state index contributed by atoms with van der Waals surface area (Å²) in [6.45, 7) is 3.99. The first kappa shape index (κ1) is 27.9. The minimum atomic E-state index is -1.24. The Labute approximate surface area is 228 Å². The van der Waals surface area contributed by atoms with Gasteiger partial charge in [0.2, 0.25) is 0 Å². The first-order valence-corrected chi connectivity index (χ1v) is 12.4. The van der Waals surface area contributed by atoms with Gasteiger partial charge in [0.15, 0.2) is 5.82 Å². The predicted octanol–water partition coefficient (Wildman–Crippen LogP) is 2.04. The number of anilines is 1. The van der Waals surface area contributed by atoms with Crippen LogP contribution in [0.2, 0.25) is 0 Å². The Morgan fingerprint density at radius 2 is 2.05 bits per heavy atom. The van der Waals surface area contributed by atoms with Gasteiger partial charge in [-0.05, 0) is 68.1 Å². The molecule has 40 heavy (non-hydrogen) atoms. The van der Waals surface area contributed by atoms with E-state index in [0.29, 0.717) is 41.1 Å². The molecule has 12 nitrogen and oxygen atoms in total. The number of aryl methyl sites for hydroxylation is 3. The summed E-state index contributed by atoms with van der Waals surface area (Å²) in [4.78, 5) is 45.7. The molecular formula is C27H27FN8O4. The van der Waals surface area contributed by atoms with E-state index in [0.717, 1.165) is 11.1 Å². The van der Waals surface area contributed by atoms with E-state index in [2.05, 4.69) is 41.8 Å². The second kappa shape index (κ2) is 12.2. The highest BCUT2D eigenvalue weighted by Gasteiger charge is 2.23. The van der Waals surface area contributed by atoms with Crippen molar-refractivity contribution in [1.29, 1.82) is 0 Å². The van der Waals surface area contributed by atoms with Gasteiger partial charge in [-0.2, -0.15) is 5.21 Å². The van der Waals surface area contributed by atoms with Crippen LogP contribution < -0.4 is 15.8 Å². The monoisotopic (exact) mass is 546 g/mol. The standard InChI is InChI=1S/C27H27FN8O4/c1-4-10-36(14-17-12-20-23(11-15(17)2)29-16(3)30-26(20)38)18-8-9-19(21(28)13-18)25(37)31-22(27(39)40)6-5-7-24-32-34-35-33-24/h1,8-9,11-13,22H,5-7,10,14H2,2-3H3,(H,31,37)(H,39,40)(H,29,30,38)(H,32,33,34,35). The number of hydrogen-bond donors (Lipinski definition) is 4. The Morgan fingerprint density at radius 3 is 2.73 bits per heavy atom. The zero-order valence-electron chi connectivity index (χ0n) is 21.9. The number of rotatable bonds is 11. The Bertz CT molecular complexity index is 1650. The van der Waals surface area contributed by atoms with Gasteiger partial charge in [0.05, 0.1) is 23.0 Å². The maximum atomic E-state index is 15.1. The number of aliphatic carboxylic acids is 1. The third-order valence-corrected chi connectivity index (χ3v) is 6.37. The fourth-order valence-corrected chi connectivity index (χ4v) is 4.31. The number of carboxylic acid groups (broad SMARTS) is 1. The van der Waals surface area contributed by atoms with Crippen LogP contribution in [-0.2, 0) is 17.8 Å². The first-order valence-electron chi connectivity index (χ1n) is 12.4. The summed E-state index contributed by atoms with van der Waals surface area (Å²) in [5.74, 6) is 0.553. The lowest BCUT2D eigenvalue weighted by Crippen LogP contribution is -2.41. The number of halogens is 1. The molecule has 2 aromatic heterocycles. The second-order valence-corrected chi connectivity index (χ2v) is 9.26. The molecule has 0 aliphatic rings. The van der Waals surface area contributed by atoms with Crippen molar-refractivity contribution in [2.24, 2.45) is 0 Å². The molecule has 0 aliphatic heterocycles. The van der Waals surface area contributed by atoms with Gasteiger partial charge in [-0.25, -0.2) is 14.2 Å². The molecule has 0 radical (unpaired) electrons. The van der Waals surface area contributed by atoms with Crippen LogP contribution in [0.25, 0.3) is 10.9 Å². The zero-order valence-corrected chi connectivity index (χ0v) is 21.9. The molecule has 1 unspecified atom stereocenters. The van der Waals surface area contributed by atoms with Crippen LogP contribution in [0.5, 0.6) is 0 Å². The van der Waals surface area contributed by atoms with Crippen molar-refractivity contribution < 1.29 is 19.1 Å².